The Morgan fingerprint density at radius 1 is 1.16 bits per heavy atom. The Morgan fingerprint density at radius 3 is 2.68 bits per heavy atom. The van der Waals surface area contributed by atoms with Gasteiger partial charge in [0.1, 0.15) is 5.52 Å². The summed E-state index contributed by atoms with van der Waals surface area (Å²) in [5.74, 6) is 0.741. The number of hydrogen-bond acceptors (Lipinski definition) is 3. The molecule has 2 aromatic carbocycles. The molecule has 0 aliphatic heterocycles. The number of rotatable bonds is 3. The molecule has 4 heteroatoms. The van der Waals surface area contributed by atoms with Crippen LogP contribution in [0.4, 0.5) is 5.69 Å². The van der Waals surface area contributed by atoms with Gasteiger partial charge >= 0.3 is 0 Å². The third kappa shape index (κ3) is 2.63. The van der Waals surface area contributed by atoms with E-state index in [-0.39, 0.29) is 0 Å². The number of aromatic nitrogens is 1. The third-order valence-electron chi connectivity index (χ3n) is 2.99. The lowest BCUT2D eigenvalue weighted by Gasteiger charge is -1.97. The first-order valence-electron chi connectivity index (χ1n) is 6.06. The first-order chi connectivity index (χ1) is 9.24. The van der Waals surface area contributed by atoms with Gasteiger partial charge in [0.15, 0.2) is 11.5 Å². The normalized spacial score (nSPS) is 10.8. The van der Waals surface area contributed by atoms with Crippen LogP contribution in [-0.2, 0) is 6.42 Å². The molecule has 0 unspecified atom stereocenters. The van der Waals surface area contributed by atoms with E-state index in [2.05, 4.69) is 38.4 Å². The van der Waals surface area contributed by atoms with Crippen LogP contribution in [0, 0.1) is 0 Å². The van der Waals surface area contributed by atoms with E-state index in [1.807, 2.05) is 37.4 Å². The lowest BCUT2D eigenvalue weighted by atomic mass is 10.1. The second-order valence-electron chi connectivity index (χ2n) is 4.34. The molecule has 3 rings (SSSR count). The van der Waals surface area contributed by atoms with Crippen LogP contribution in [0.2, 0.25) is 0 Å². The Labute approximate surface area is 119 Å². The van der Waals surface area contributed by atoms with Crippen molar-refractivity contribution in [3.8, 4) is 0 Å². The van der Waals surface area contributed by atoms with Gasteiger partial charge in [-0.25, -0.2) is 4.98 Å². The summed E-state index contributed by atoms with van der Waals surface area (Å²) < 4.78 is 6.86. The van der Waals surface area contributed by atoms with Crippen LogP contribution in [0.25, 0.3) is 11.1 Å². The molecule has 0 bridgehead atoms. The highest BCUT2D eigenvalue weighted by molar-refractivity contribution is 9.10. The minimum atomic E-state index is 0.705. The van der Waals surface area contributed by atoms with Gasteiger partial charge in [-0.05, 0) is 29.8 Å². The van der Waals surface area contributed by atoms with E-state index in [9.17, 15) is 0 Å². The number of halogens is 1. The topological polar surface area (TPSA) is 38.1 Å². The number of nitrogens with zero attached hydrogens (tertiary/aromatic N) is 1. The maximum Gasteiger partial charge on any atom is 0.199 e. The molecule has 0 saturated heterocycles. The summed E-state index contributed by atoms with van der Waals surface area (Å²) in [6.45, 7) is 0. The highest BCUT2D eigenvalue weighted by Gasteiger charge is 2.07. The van der Waals surface area contributed by atoms with Crippen molar-refractivity contribution >= 4 is 32.7 Å². The average molecular weight is 317 g/mol. The van der Waals surface area contributed by atoms with E-state index in [1.54, 1.807) is 0 Å². The molecule has 0 aliphatic rings. The fraction of sp³-hybridized carbons (Fsp3) is 0.133. The van der Waals surface area contributed by atoms with Crippen LogP contribution in [0.1, 0.15) is 11.5 Å². The van der Waals surface area contributed by atoms with E-state index in [0.717, 1.165) is 27.2 Å². The van der Waals surface area contributed by atoms with Crippen molar-refractivity contribution in [3.63, 3.8) is 0 Å². The maximum absolute atomic E-state index is 5.78. The van der Waals surface area contributed by atoms with Gasteiger partial charge in [0.2, 0.25) is 0 Å². The zero-order chi connectivity index (χ0) is 13.2. The van der Waals surface area contributed by atoms with Crippen LogP contribution < -0.4 is 5.32 Å². The molecule has 1 heterocycles. The second kappa shape index (κ2) is 5.05. The minimum Gasteiger partial charge on any atom is -0.440 e. The predicted molar refractivity (Wildman–Crippen MR) is 80.5 cm³/mol. The number of oxazole rings is 1. The monoisotopic (exact) mass is 316 g/mol. The Balaban J connectivity index is 1.90. The maximum atomic E-state index is 5.78. The highest BCUT2D eigenvalue weighted by Crippen LogP contribution is 2.21. The zero-order valence-corrected chi connectivity index (χ0v) is 12.1. The fourth-order valence-electron chi connectivity index (χ4n) is 1.98. The van der Waals surface area contributed by atoms with Gasteiger partial charge in [-0.15, -0.1) is 0 Å². The second-order valence-corrected chi connectivity index (χ2v) is 5.26. The van der Waals surface area contributed by atoms with Crippen molar-refractivity contribution < 1.29 is 4.42 Å². The lowest BCUT2D eigenvalue weighted by Crippen LogP contribution is -1.87. The molecule has 0 aliphatic carbocycles. The molecule has 3 nitrogen and oxygen atoms in total. The number of hydrogen-bond donors (Lipinski definition) is 1. The molecule has 19 heavy (non-hydrogen) atoms. The molecule has 0 amide bonds. The van der Waals surface area contributed by atoms with E-state index in [4.69, 9.17) is 4.42 Å². The predicted octanol–water partition coefficient (Wildman–Crippen LogP) is 4.22. The number of fused-ring (bicyclic) bond motifs is 1. The summed E-state index contributed by atoms with van der Waals surface area (Å²) in [5, 5.41) is 3.09. The molecule has 0 atom stereocenters. The molecule has 0 radical (unpaired) electrons. The summed E-state index contributed by atoms with van der Waals surface area (Å²) in [6.07, 6.45) is 0.705. The lowest BCUT2D eigenvalue weighted by molar-refractivity contribution is 0.544. The van der Waals surface area contributed by atoms with Crippen molar-refractivity contribution in [2.45, 2.75) is 6.42 Å². The van der Waals surface area contributed by atoms with Gasteiger partial charge in [0, 0.05) is 29.7 Å². The van der Waals surface area contributed by atoms with Crippen molar-refractivity contribution in [2.75, 3.05) is 12.4 Å². The van der Waals surface area contributed by atoms with E-state index >= 15 is 0 Å². The largest absolute Gasteiger partial charge is 0.440 e. The third-order valence-corrected chi connectivity index (χ3v) is 3.52. The van der Waals surface area contributed by atoms with Crippen molar-refractivity contribution in [1.29, 1.82) is 0 Å². The smallest absolute Gasteiger partial charge is 0.199 e. The Kier molecular flexibility index (Phi) is 3.25. The van der Waals surface area contributed by atoms with Crippen molar-refractivity contribution in [3.05, 3.63) is 58.4 Å². The van der Waals surface area contributed by atoms with E-state index in [0.29, 0.717) is 6.42 Å². The highest BCUT2D eigenvalue weighted by atomic mass is 79.9. The number of anilines is 1. The molecule has 96 valence electrons. The van der Waals surface area contributed by atoms with Gasteiger partial charge in [-0.2, -0.15) is 0 Å². The van der Waals surface area contributed by atoms with Crippen molar-refractivity contribution in [1.82, 2.24) is 4.98 Å². The first-order valence-corrected chi connectivity index (χ1v) is 6.85. The summed E-state index contributed by atoms with van der Waals surface area (Å²) in [4.78, 5) is 4.50. The summed E-state index contributed by atoms with van der Waals surface area (Å²) in [6, 6.07) is 14.1. The SMILES string of the molecule is CNc1ccc2nc(Cc3ccc(Br)cc3)oc2c1. The van der Waals surface area contributed by atoms with Crippen molar-refractivity contribution in [2.24, 2.45) is 0 Å². The molecule has 0 saturated carbocycles. The van der Waals surface area contributed by atoms with Crippen LogP contribution in [0.3, 0.4) is 0 Å². The quantitative estimate of drug-likeness (QED) is 0.786. The Hall–Kier alpha value is -1.81. The van der Waals surface area contributed by atoms with Gasteiger partial charge in [-0.1, -0.05) is 28.1 Å². The van der Waals surface area contributed by atoms with Gasteiger partial charge in [0.25, 0.3) is 0 Å². The van der Waals surface area contributed by atoms with Crippen LogP contribution in [-0.4, -0.2) is 12.0 Å². The Bertz CT molecular complexity index is 704. The van der Waals surface area contributed by atoms with Gasteiger partial charge in [-0.3, -0.25) is 0 Å². The summed E-state index contributed by atoms with van der Waals surface area (Å²) in [5.41, 5.74) is 3.92. The van der Waals surface area contributed by atoms with Crippen LogP contribution >= 0.6 is 15.9 Å². The molecular weight excluding hydrogens is 304 g/mol. The van der Waals surface area contributed by atoms with Crippen LogP contribution in [0.15, 0.2) is 51.4 Å². The average Bonchev–Trinajstić information content (AvgIpc) is 2.82. The summed E-state index contributed by atoms with van der Waals surface area (Å²) >= 11 is 3.43. The van der Waals surface area contributed by atoms with E-state index < -0.39 is 0 Å². The number of benzene rings is 2. The molecule has 1 N–H and O–H groups in total. The standard InChI is InChI=1S/C15H13BrN2O/c1-17-12-6-7-13-14(9-12)19-15(18-13)8-10-2-4-11(16)5-3-10/h2-7,9,17H,8H2,1H3. The van der Waals surface area contributed by atoms with Crippen LogP contribution in [0.5, 0.6) is 0 Å². The first kappa shape index (κ1) is 12.2. The molecule has 3 aromatic rings. The van der Waals surface area contributed by atoms with Gasteiger partial charge in [0.05, 0.1) is 0 Å². The fourth-order valence-corrected chi connectivity index (χ4v) is 2.24. The molecule has 1 aromatic heterocycles. The molecule has 0 fully saturated rings. The summed E-state index contributed by atoms with van der Waals surface area (Å²) in [7, 11) is 1.89. The van der Waals surface area contributed by atoms with E-state index in [1.165, 1.54) is 5.56 Å². The molecular formula is C15H13BrN2O. The van der Waals surface area contributed by atoms with Gasteiger partial charge < -0.3 is 9.73 Å². The molecule has 0 spiro atoms. The number of nitrogens with one attached hydrogen (secondary N) is 1. The minimum absolute atomic E-state index is 0.705. The Morgan fingerprint density at radius 2 is 1.95 bits per heavy atom. The zero-order valence-electron chi connectivity index (χ0n) is 10.5.